The van der Waals surface area contributed by atoms with Crippen molar-refractivity contribution in [1.29, 1.82) is 0 Å². The highest BCUT2D eigenvalue weighted by atomic mass is 15.3. The van der Waals surface area contributed by atoms with Crippen LogP contribution >= 0.6 is 0 Å². The summed E-state index contributed by atoms with van der Waals surface area (Å²) in [6.45, 7) is 9.11. The molecule has 1 aliphatic heterocycles. The van der Waals surface area contributed by atoms with Crippen LogP contribution in [0.15, 0.2) is 24.4 Å². The SMILES string of the molecule is CCn1c(C)nnc1CN(C)[C@H]1CCN(Cc2ccccn2)C1. The summed E-state index contributed by atoms with van der Waals surface area (Å²) in [5.74, 6) is 2.06. The Balaban J connectivity index is 1.56. The fraction of sp³-hybridized carbons (Fsp3) is 0.588. The van der Waals surface area contributed by atoms with Gasteiger partial charge in [-0.1, -0.05) is 6.07 Å². The summed E-state index contributed by atoms with van der Waals surface area (Å²) in [7, 11) is 2.19. The fourth-order valence-electron chi connectivity index (χ4n) is 3.34. The monoisotopic (exact) mass is 314 g/mol. The highest BCUT2D eigenvalue weighted by molar-refractivity contribution is 5.04. The molecule has 0 unspecified atom stereocenters. The Morgan fingerprint density at radius 3 is 2.91 bits per heavy atom. The third-order valence-corrected chi connectivity index (χ3v) is 4.70. The average molecular weight is 314 g/mol. The smallest absolute Gasteiger partial charge is 0.147 e. The first-order valence-corrected chi connectivity index (χ1v) is 8.38. The van der Waals surface area contributed by atoms with Crippen molar-refractivity contribution in [3.8, 4) is 0 Å². The molecule has 0 aromatic carbocycles. The lowest BCUT2D eigenvalue weighted by Gasteiger charge is -2.24. The minimum absolute atomic E-state index is 0.570. The van der Waals surface area contributed by atoms with Crippen molar-refractivity contribution in [2.24, 2.45) is 0 Å². The lowest BCUT2D eigenvalue weighted by Crippen LogP contribution is -2.34. The highest BCUT2D eigenvalue weighted by Gasteiger charge is 2.26. The second-order valence-electron chi connectivity index (χ2n) is 6.32. The Labute approximate surface area is 138 Å². The van der Waals surface area contributed by atoms with Gasteiger partial charge in [-0.05, 0) is 39.4 Å². The summed E-state index contributed by atoms with van der Waals surface area (Å²) in [6, 6.07) is 6.70. The number of rotatable bonds is 6. The summed E-state index contributed by atoms with van der Waals surface area (Å²) in [6.07, 6.45) is 3.07. The lowest BCUT2D eigenvalue weighted by molar-refractivity contribution is 0.215. The molecule has 0 bridgehead atoms. The molecule has 1 saturated heterocycles. The van der Waals surface area contributed by atoms with Crippen molar-refractivity contribution in [3.63, 3.8) is 0 Å². The van der Waals surface area contributed by atoms with E-state index < -0.39 is 0 Å². The van der Waals surface area contributed by atoms with Gasteiger partial charge in [0.25, 0.3) is 0 Å². The van der Waals surface area contributed by atoms with Crippen molar-refractivity contribution >= 4 is 0 Å². The Bertz CT molecular complexity index is 623. The maximum absolute atomic E-state index is 4.43. The molecule has 0 spiro atoms. The fourth-order valence-corrected chi connectivity index (χ4v) is 3.34. The molecule has 2 aromatic heterocycles. The summed E-state index contributed by atoms with van der Waals surface area (Å²) in [5.41, 5.74) is 1.15. The number of likely N-dealkylation sites (N-methyl/N-ethyl adjacent to an activating group) is 1. The van der Waals surface area contributed by atoms with Gasteiger partial charge in [-0.2, -0.15) is 0 Å². The van der Waals surface area contributed by atoms with Crippen LogP contribution in [-0.2, 0) is 19.6 Å². The number of hydrogen-bond donors (Lipinski definition) is 0. The molecule has 0 radical (unpaired) electrons. The molecule has 0 amide bonds. The quantitative estimate of drug-likeness (QED) is 0.812. The molecule has 3 rings (SSSR count). The van der Waals surface area contributed by atoms with Gasteiger partial charge in [-0.3, -0.25) is 14.8 Å². The summed E-state index contributed by atoms with van der Waals surface area (Å²) in [5, 5.41) is 8.54. The normalized spacial score (nSPS) is 18.9. The van der Waals surface area contributed by atoms with Gasteiger partial charge >= 0.3 is 0 Å². The van der Waals surface area contributed by atoms with Crippen LogP contribution in [-0.4, -0.2) is 55.7 Å². The first kappa shape index (κ1) is 16.1. The molecule has 124 valence electrons. The molecule has 0 aliphatic carbocycles. The minimum atomic E-state index is 0.570. The van der Waals surface area contributed by atoms with Crippen molar-refractivity contribution in [2.75, 3.05) is 20.1 Å². The highest BCUT2D eigenvalue weighted by Crippen LogP contribution is 2.18. The largest absolute Gasteiger partial charge is 0.314 e. The Morgan fingerprint density at radius 2 is 2.17 bits per heavy atom. The maximum atomic E-state index is 4.43. The molecule has 0 N–H and O–H groups in total. The van der Waals surface area contributed by atoms with E-state index in [1.54, 1.807) is 0 Å². The first-order chi connectivity index (χ1) is 11.2. The molecule has 6 nitrogen and oxygen atoms in total. The average Bonchev–Trinajstić information content (AvgIpc) is 3.15. The van der Waals surface area contributed by atoms with Crippen LogP contribution in [0.5, 0.6) is 0 Å². The molecule has 6 heteroatoms. The lowest BCUT2D eigenvalue weighted by atomic mass is 10.2. The molecule has 1 fully saturated rings. The molecule has 3 heterocycles. The van der Waals surface area contributed by atoms with Crippen molar-refractivity contribution in [2.45, 2.75) is 45.9 Å². The minimum Gasteiger partial charge on any atom is -0.314 e. The zero-order chi connectivity index (χ0) is 16.2. The predicted molar refractivity (Wildman–Crippen MR) is 89.8 cm³/mol. The summed E-state index contributed by atoms with van der Waals surface area (Å²) >= 11 is 0. The number of likely N-dealkylation sites (tertiary alicyclic amines) is 1. The van der Waals surface area contributed by atoms with E-state index >= 15 is 0 Å². The number of aromatic nitrogens is 4. The Kier molecular flexibility index (Phi) is 5.03. The van der Waals surface area contributed by atoms with Gasteiger partial charge < -0.3 is 4.57 Å². The Morgan fingerprint density at radius 1 is 1.30 bits per heavy atom. The third kappa shape index (κ3) is 3.76. The molecule has 1 atom stereocenters. The zero-order valence-electron chi connectivity index (χ0n) is 14.3. The van der Waals surface area contributed by atoms with Crippen LogP contribution in [0.4, 0.5) is 0 Å². The second kappa shape index (κ2) is 7.19. The number of pyridine rings is 1. The van der Waals surface area contributed by atoms with Gasteiger partial charge in [0, 0.05) is 38.4 Å². The molecule has 0 saturated carbocycles. The van der Waals surface area contributed by atoms with Crippen LogP contribution in [0, 0.1) is 6.92 Å². The van der Waals surface area contributed by atoms with Gasteiger partial charge in [-0.15, -0.1) is 10.2 Å². The van der Waals surface area contributed by atoms with Gasteiger partial charge in [0.15, 0.2) is 0 Å². The molecule has 2 aromatic rings. The topological polar surface area (TPSA) is 50.1 Å². The van der Waals surface area contributed by atoms with Gasteiger partial charge in [0.2, 0.25) is 0 Å². The van der Waals surface area contributed by atoms with Crippen molar-refractivity contribution in [3.05, 3.63) is 41.7 Å². The van der Waals surface area contributed by atoms with Gasteiger partial charge in [-0.25, -0.2) is 0 Å². The van der Waals surface area contributed by atoms with Crippen molar-refractivity contribution in [1.82, 2.24) is 29.5 Å². The standard InChI is InChI=1S/C17H26N6/c1-4-23-14(2)19-20-17(23)13-21(3)16-8-10-22(12-16)11-15-7-5-6-9-18-15/h5-7,9,16H,4,8,10-13H2,1-3H3/t16-/m0/s1. The van der Waals surface area contributed by atoms with E-state index in [4.69, 9.17) is 0 Å². The molecular formula is C17H26N6. The molecule has 1 aliphatic rings. The first-order valence-electron chi connectivity index (χ1n) is 8.38. The van der Waals surface area contributed by atoms with Crippen LogP contribution in [0.25, 0.3) is 0 Å². The molecule has 23 heavy (non-hydrogen) atoms. The summed E-state index contributed by atoms with van der Waals surface area (Å²) < 4.78 is 2.19. The van der Waals surface area contributed by atoms with E-state index in [9.17, 15) is 0 Å². The molecular weight excluding hydrogens is 288 g/mol. The van der Waals surface area contributed by atoms with Crippen LogP contribution in [0.3, 0.4) is 0 Å². The van der Waals surface area contributed by atoms with Crippen LogP contribution in [0.1, 0.15) is 30.7 Å². The van der Waals surface area contributed by atoms with E-state index in [2.05, 4.69) is 55.7 Å². The Hall–Kier alpha value is -1.79. The van der Waals surface area contributed by atoms with Crippen molar-refractivity contribution < 1.29 is 0 Å². The van der Waals surface area contributed by atoms with E-state index in [0.29, 0.717) is 6.04 Å². The van der Waals surface area contributed by atoms with E-state index in [-0.39, 0.29) is 0 Å². The summed E-state index contributed by atoms with van der Waals surface area (Å²) in [4.78, 5) is 9.32. The van der Waals surface area contributed by atoms with Crippen LogP contribution < -0.4 is 0 Å². The zero-order valence-corrected chi connectivity index (χ0v) is 14.3. The van der Waals surface area contributed by atoms with Crippen LogP contribution in [0.2, 0.25) is 0 Å². The number of aryl methyl sites for hydroxylation is 1. The second-order valence-corrected chi connectivity index (χ2v) is 6.32. The number of nitrogens with zero attached hydrogens (tertiary/aromatic N) is 6. The van der Waals surface area contributed by atoms with E-state index in [1.807, 2.05) is 19.2 Å². The van der Waals surface area contributed by atoms with E-state index in [0.717, 1.165) is 50.1 Å². The third-order valence-electron chi connectivity index (χ3n) is 4.70. The maximum Gasteiger partial charge on any atom is 0.147 e. The predicted octanol–water partition coefficient (Wildman–Crippen LogP) is 1.71. The van der Waals surface area contributed by atoms with E-state index in [1.165, 1.54) is 6.42 Å². The van der Waals surface area contributed by atoms with Gasteiger partial charge in [0.1, 0.15) is 11.6 Å². The number of hydrogen-bond acceptors (Lipinski definition) is 5. The van der Waals surface area contributed by atoms with Gasteiger partial charge in [0.05, 0.1) is 12.2 Å².